The van der Waals surface area contributed by atoms with Crippen LogP contribution < -0.4 is 5.69 Å². The van der Waals surface area contributed by atoms with E-state index >= 15 is 0 Å². The molecule has 2 atom stereocenters. The van der Waals surface area contributed by atoms with Gasteiger partial charge in [-0.05, 0) is 32.0 Å². The molecule has 0 unspecified atom stereocenters. The zero-order chi connectivity index (χ0) is 22.2. The number of benzene rings is 1. The Morgan fingerprint density at radius 3 is 2.45 bits per heavy atom. The summed E-state index contributed by atoms with van der Waals surface area (Å²) in [5.74, 6) is -0.0444. The van der Waals surface area contributed by atoms with E-state index in [4.69, 9.17) is 0 Å². The van der Waals surface area contributed by atoms with Crippen molar-refractivity contribution in [2.45, 2.75) is 26.8 Å². The largest absolute Gasteiger partial charge is 0.396 e. The SMILES string of the molecule is Cc1cc(C)n(CCC(=O)N2C[C@H]3CN(C(=O)c4ccccc4)C[C@@]3(CO)C2)c(=O)n1. The number of likely N-dealkylation sites (tertiary alicyclic amines) is 2. The highest BCUT2D eigenvalue weighted by molar-refractivity contribution is 5.94. The summed E-state index contributed by atoms with van der Waals surface area (Å²) in [6, 6.07) is 11.0. The van der Waals surface area contributed by atoms with Gasteiger partial charge in [0.25, 0.3) is 5.91 Å². The van der Waals surface area contributed by atoms with Crippen molar-refractivity contribution in [3.63, 3.8) is 0 Å². The van der Waals surface area contributed by atoms with E-state index in [0.29, 0.717) is 37.4 Å². The van der Waals surface area contributed by atoms with E-state index in [1.165, 1.54) is 4.57 Å². The highest BCUT2D eigenvalue weighted by atomic mass is 16.3. The lowest BCUT2D eigenvalue weighted by molar-refractivity contribution is -0.131. The summed E-state index contributed by atoms with van der Waals surface area (Å²) in [6.07, 6.45) is 0.201. The lowest BCUT2D eigenvalue weighted by atomic mass is 9.82. The molecule has 0 bridgehead atoms. The molecule has 0 aliphatic carbocycles. The number of carbonyl (C=O) groups excluding carboxylic acids is 2. The molecule has 1 aromatic heterocycles. The zero-order valence-electron chi connectivity index (χ0n) is 18.0. The third-order valence-electron chi connectivity index (χ3n) is 6.63. The van der Waals surface area contributed by atoms with Gasteiger partial charge in [0.05, 0.1) is 6.61 Å². The fraction of sp³-hybridized carbons (Fsp3) is 0.478. The minimum atomic E-state index is -0.488. The summed E-state index contributed by atoms with van der Waals surface area (Å²) in [5, 5.41) is 10.2. The Bertz CT molecular complexity index is 1050. The first-order valence-corrected chi connectivity index (χ1v) is 10.6. The quantitative estimate of drug-likeness (QED) is 0.768. The molecule has 8 heteroatoms. The monoisotopic (exact) mass is 424 g/mol. The average Bonchev–Trinajstić information content (AvgIpc) is 3.28. The van der Waals surface area contributed by atoms with Gasteiger partial charge in [0.15, 0.2) is 0 Å². The minimum absolute atomic E-state index is 0.0394. The van der Waals surface area contributed by atoms with Crippen molar-refractivity contribution in [3.05, 3.63) is 63.8 Å². The van der Waals surface area contributed by atoms with Crippen molar-refractivity contribution >= 4 is 11.8 Å². The fourth-order valence-electron chi connectivity index (χ4n) is 4.92. The van der Waals surface area contributed by atoms with Gasteiger partial charge < -0.3 is 14.9 Å². The number of aromatic nitrogens is 2. The van der Waals surface area contributed by atoms with Gasteiger partial charge in [0.1, 0.15) is 0 Å². The van der Waals surface area contributed by atoms with Crippen molar-refractivity contribution < 1.29 is 14.7 Å². The van der Waals surface area contributed by atoms with Crippen LogP contribution in [0.25, 0.3) is 0 Å². The van der Waals surface area contributed by atoms with Gasteiger partial charge in [0.2, 0.25) is 5.91 Å². The van der Waals surface area contributed by atoms with E-state index in [1.807, 2.05) is 31.2 Å². The van der Waals surface area contributed by atoms with Gasteiger partial charge in [-0.1, -0.05) is 18.2 Å². The molecule has 4 rings (SSSR count). The second-order valence-electron chi connectivity index (χ2n) is 8.77. The van der Waals surface area contributed by atoms with E-state index in [0.717, 1.165) is 5.69 Å². The number of rotatable bonds is 5. The Kier molecular flexibility index (Phi) is 5.66. The number of aliphatic hydroxyl groups excluding tert-OH is 1. The lowest BCUT2D eigenvalue weighted by Gasteiger charge is -2.27. The molecule has 2 aliphatic heterocycles. The maximum Gasteiger partial charge on any atom is 0.347 e. The minimum Gasteiger partial charge on any atom is -0.396 e. The molecule has 8 nitrogen and oxygen atoms in total. The number of amides is 2. The standard InChI is InChI=1S/C23H28N4O4/c1-16-10-17(2)27(22(31)24-16)9-8-20(29)25-11-19-12-26(14-23(19,13-25)15-28)21(30)18-6-4-3-5-7-18/h3-7,10,19,28H,8-9,11-15H2,1-2H3/t19-,23+/m0/s1. The Morgan fingerprint density at radius 2 is 1.81 bits per heavy atom. The highest BCUT2D eigenvalue weighted by Crippen LogP contribution is 2.42. The molecule has 2 saturated heterocycles. The predicted octanol–water partition coefficient (Wildman–Crippen LogP) is 0.843. The molecule has 2 aliphatic rings. The maximum absolute atomic E-state index is 12.9. The number of aliphatic hydroxyl groups is 1. The van der Waals surface area contributed by atoms with Gasteiger partial charge >= 0.3 is 5.69 Å². The van der Waals surface area contributed by atoms with Crippen LogP contribution in [0.2, 0.25) is 0 Å². The molecule has 164 valence electrons. The Labute approximate surface area is 181 Å². The Morgan fingerprint density at radius 1 is 1.13 bits per heavy atom. The molecule has 0 saturated carbocycles. The summed E-state index contributed by atoms with van der Waals surface area (Å²) in [5.41, 5.74) is 1.25. The van der Waals surface area contributed by atoms with Gasteiger partial charge in [0, 0.05) is 67.4 Å². The number of fused-ring (bicyclic) bond motifs is 1. The molecule has 1 N–H and O–H groups in total. The van der Waals surface area contributed by atoms with Crippen molar-refractivity contribution in [1.82, 2.24) is 19.4 Å². The van der Waals surface area contributed by atoms with E-state index < -0.39 is 5.41 Å². The molecule has 0 spiro atoms. The van der Waals surface area contributed by atoms with Crippen LogP contribution >= 0.6 is 0 Å². The molecule has 2 fully saturated rings. The van der Waals surface area contributed by atoms with E-state index in [2.05, 4.69) is 4.98 Å². The van der Waals surface area contributed by atoms with Gasteiger partial charge in [-0.15, -0.1) is 0 Å². The molecule has 31 heavy (non-hydrogen) atoms. The number of aryl methyl sites for hydroxylation is 2. The summed E-state index contributed by atoms with van der Waals surface area (Å²) >= 11 is 0. The second kappa shape index (κ2) is 8.26. The van der Waals surface area contributed by atoms with E-state index in [9.17, 15) is 19.5 Å². The Balaban J connectivity index is 1.40. The van der Waals surface area contributed by atoms with Crippen LogP contribution in [0.1, 0.15) is 28.2 Å². The van der Waals surface area contributed by atoms with Crippen LogP contribution in [0.5, 0.6) is 0 Å². The van der Waals surface area contributed by atoms with Gasteiger partial charge in [-0.25, -0.2) is 4.79 Å². The third-order valence-corrected chi connectivity index (χ3v) is 6.63. The molecule has 1 aromatic carbocycles. The summed E-state index contributed by atoms with van der Waals surface area (Å²) in [6.45, 7) is 5.71. The zero-order valence-corrected chi connectivity index (χ0v) is 18.0. The van der Waals surface area contributed by atoms with Crippen LogP contribution in [0.15, 0.2) is 41.2 Å². The Hall–Kier alpha value is -3.00. The average molecular weight is 425 g/mol. The van der Waals surface area contributed by atoms with E-state index in [-0.39, 0.29) is 43.0 Å². The van der Waals surface area contributed by atoms with Crippen LogP contribution in [0, 0.1) is 25.2 Å². The van der Waals surface area contributed by atoms with Crippen molar-refractivity contribution in [1.29, 1.82) is 0 Å². The van der Waals surface area contributed by atoms with Crippen molar-refractivity contribution in [2.24, 2.45) is 11.3 Å². The van der Waals surface area contributed by atoms with E-state index in [1.54, 1.807) is 28.9 Å². The van der Waals surface area contributed by atoms with Crippen LogP contribution in [-0.4, -0.2) is 69.1 Å². The van der Waals surface area contributed by atoms with Gasteiger partial charge in [-0.2, -0.15) is 4.98 Å². The smallest absolute Gasteiger partial charge is 0.347 e. The summed E-state index contributed by atoms with van der Waals surface area (Å²) in [4.78, 5) is 45.3. The van der Waals surface area contributed by atoms with Crippen molar-refractivity contribution in [2.75, 3.05) is 32.8 Å². The number of hydrogen-bond acceptors (Lipinski definition) is 5. The molecule has 2 aromatic rings. The van der Waals surface area contributed by atoms with Crippen LogP contribution in [0.3, 0.4) is 0 Å². The molecule has 0 radical (unpaired) electrons. The number of nitrogens with zero attached hydrogens (tertiary/aromatic N) is 4. The molecule has 2 amide bonds. The first-order valence-electron chi connectivity index (χ1n) is 10.6. The number of carbonyl (C=O) groups is 2. The van der Waals surface area contributed by atoms with Gasteiger partial charge in [-0.3, -0.25) is 14.2 Å². The summed E-state index contributed by atoms with van der Waals surface area (Å²) in [7, 11) is 0. The second-order valence-corrected chi connectivity index (χ2v) is 8.77. The highest BCUT2D eigenvalue weighted by Gasteiger charge is 2.54. The first-order chi connectivity index (χ1) is 14.8. The topological polar surface area (TPSA) is 95.7 Å². The van der Waals surface area contributed by atoms with Crippen molar-refractivity contribution in [3.8, 4) is 0 Å². The number of hydrogen-bond donors (Lipinski definition) is 1. The van der Waals surface area contributed by atoms with Crippen LogP contribution in [0.4, 0.5) is 0 Å². The lowest BCUT2D eigenvalue weighted by Crippen LogP contribution is -2.40. The molecular formula is C23H28N4O4. The maximum atomic E-state index is 12.9. The van der Waals surface area contributed by atoms with Crippen LogP contribution in [-0.2, 0) is 11.3 Å². The third kappa shape index (κ3) is 3.99. The normalized spacial score (nSPS) is 22.6. The first kappa shape index (κ1) is 21.2. The predicted molar refractivity (Wildman–Crippen MR) is 115 cm³/mol. The summed E-state index contributed by atoms with van der Waals surface area (Å²) < 4.78 is 1.52. The molecule has 3 heterocycles. The fourth-order valence-corrected chi connectivity index (χ4v) is 4.92. The molecular weight excluding hydrogens is 396 g/mol.